The SMILES string of the molecule is C[C@]12CCCCC1CC[C@@H]1[C@@H]2CC[C@]2(C(O)(O)O)C=CC[C@@H]12. The number of aliphatic hydroxyl groups is 3. The molecular formula is C19H30O3. The number of fused-ring (bicyclic) bond motifs is 5. The Morgan fingerprint density at radius 2 is 1.77 bits per heavy atom. The van der Waals surface area contributed by atoms with Crippen molar-refractivity contribution in [2.45, 2.75) is 70.7 Å². The third-order valence-electron chi connectivity index (χ3n) is 8.14. The van der Waals surface area contributed by atoms with Gasteiger partial charge in [0.2, 0.25) is 0 Å². The predicted octanol–water partition coefficient (Wildman–Crippen LogP) is 3.20. The molecule has 4 aliphatic rings. The van der Waals surface area contributed by atoms with Crippen molar-refractivity contribution >= 4 is 0 Å². The van der Waals surface area contributed by atoms with Gasteiger partial charge in [-0.05, 0) is 74.0 Å². The van der Waals surface area contributed by atoms with Crippen LogP contribution in [0.25, 0.3) is 0 Å². The molecule has 0 amide bonds. The lowest BCUT2D eigenvalue weighted by Gasteiger charge is -2.61. The maximum Gasteiger partial charge on any atom is 0.285 e. The highest BCUT2D eigenvalue weighted by Gasteiger charge is 2.63. The van der Waals surface area contributed by atoms with E-state index in [0.717, 1.165) is 18.8 Å². The lowest BCUT2D eigenvalue weighted by Crippen LogP contribution is -2.59. The standard InChI is InChI=1S/C19H30O3/c1-17-10-3-2-5-13(17)7-8-14-15(17)9-12-18(19(20,21)22)11-4-6-16(14)18/h4,11,13-16,20-22H,2-3,5-10,12H2,1H3/t13?,14-,15+,16+,17+,18-/m1/s1. The van der Waals surface area contributed by atoms with Gasteiger partial charge in [-0.25, -0.2) is 0 Å². The minimum absolute atomic E-state index is 0.200. The Hall–Kier alpha value is -0.380. The molecule has 0 spiro atoms. The molecule has 0 saturated heterocycles. The Morgan fingerprint density at radius 1 is 0.955 bits per heavy atom. The zero-order chi connectivity index (χ0) is 15.6. The van der Waals surface area contributed by atoms with Gasteiger partial charge in [0.25, 0.3) is 5.97 Å². The third kappa shape index (κ3) is 1.85. The highest BCUT2D eigenvalue weighted by Crippen LogP contribution is 2.66. The molecule has 1 unspecified atom stereocenters. The van der Waals surface area contributed by atoms with Gasteiger partial charge in [0, 0.05) is 0 Å². The van der Waals surface area contributed by atoms with Crippen LogP contribution in [0.1, 0.15) is 64.7 Å². The summed E-state index contributed by atoms with van der Waals surface area (Å²) < 4.78 is 0. The van der Waals surface area contributed by atoms with Gasteiger partial charge in [-0.1, -0.05) is 31.9 Å². The van der Waals surface area contributed by atoms with Crippen molar-refractivity contribution in [2.75, 3.05) is 0 Å². The Kier molecular flexibility index (Phi) is 3.32. The van der Waals surface area contributed by atoms with Crippen LogP contribution in [0.15, 0.2) is 12.2 Å². The molecule has 124 valence electrons. The van der Waals surface area contributed by atoms with E-state index in [2.05, 4.69) is 13.0 Å². The lowest BCUT2D eigenvalue weighted by atomic mass is 9.45. The molecular weight excluding hydrogens is 276 g/mol. The first kappa shape index (κ1) is 15.2. The number of allylic oxidation sites excluding steroid dienone is 1. The quantitative estimate of drug-likeness (QED) is 0.515. The third-order valence-corrected chi connectivity index (χ3v) is 8.14. The van der Waals surface area contributed by atoms with Gasteiger partial charge in [-0.3, -0.25) is 0 Å². The van der Waals surface area contributed by atoms with Crippen LogP contribution in [0.2, 0.25) is 0 Å². The summed E-state index contributed by atoms with van der Waals surface area (Å²) in [7, 11) is 0. The smallest absolute Gasteiger partial charge is 0.285 e. The fourth-order valence-corrected chi connectivity index (χ4v) is 7.01. The van der Waals surface area contributed by atoms with Crippen LogP contribution >= 0.6 is 0 Å². The zero-order valence-electron chi connectivity index (χ0n) is 13.7. The minimum Gasteiger partial charge on any atom is -0.343 e. The van der Waals surface area contributed by atoms with Crippen LogP contribution in [0.3, 0.4) is 0 Å². The van der Waals surface area contributed by atoms with Crippen molar-refractivity contribution < 1.29 is 15.3 Å². The molecule has 0 aromatic rings. The van der Waals surface area contributed by atoms with Gasteiger partial charge < -0.3 is 15.3 Å². The summed E-state index contributed by atoms with van der Waals surface area (Å²) in [4.78, 5) is 0. The van der Waals surface area contributed by atoms with E-state index < -0.39 is 11.4 Å². The second-order valence-corrected chi connectivity index (χ2v) is 8.76. The van der Waals surface area contributed by atoms with E-state index in [1.165, 1.54) is 38.5 Å². The van der Waals surface area contributed by atoms with Crippen molar-refractivity contribution in [1.29, 1.82) is 0 Å². The maximum atomic E-state index is 10.1. The second-order valence-electron chi connectivity index (χ2n) is 8.76. The van der Waals surface area contributed by atoms with Crippen molar-refractivity contribution in [3.05, 3.63) is 12.2 Å². The van der Waals surface area contributed by atoms with Gasteiger partial charge in [0.15, 0.2) is 0 Å². The van der Waals surface area contributed by atoms with E-state index in [9.17, 15) is 15.3 Å². The summed E-state index contributed by atoms with van der Waals surface area (Å²) in [5.41, 5.74) is -0.384. The summed E-state index contributed by atoms with van der Waals surface area (Å²) in [5, 5.41) is 30.2. The summed E-state index contributed by atoms with van der Waals surface area (Å²) >= 11 is 0. The molecule has 6 atom stereocenters. The normalized spacial score (nSPS) is 51.1. The topological polar surface area (TPSA) is 60.7 Å². The molecule has 0 aromatic heterocycles. The molecule has 0 aliphatic heterocycles. The average Bonchev–Trinajstić information content (AvgIpc) is 2.91. The first-order chi connectivity index (χ1) is 10.4. The van der Waals surface area contributed by atoms with Crippen molar-refractivity contribution in [1.82, 2.24) is 0 Å². The van der Waals surface area contributed by atoms with Crippen molar-refractivity contribution in [2.24, 2.45) is 34.5 Å². The molecule has 3 heteroatoms. The molecule has 3 N–H and O–H groups in total. The van der Waals surface area contributed by atoms with Gasteiger partial charge >= 0.3 is 0 Å². The van der Waals surface area contributed by atoms with E-state index in [4.69, 9.17) is 0 Å². The fraction of sp³-hybridized carbons (Fsp3) is 0.895. The molecule has 3 fully saturated rings. The number of hydrogen-bond acceptors (Lipinski definition) is 3. The van der Waals surface area contributed by atoms with E-state index in [1.54, 1.807) is 0 Å². The average molecular weight is 306 g/mol. The van der Waals surface area contributed by atoms with Gasteiger partial charge in [0.05, 0.1) is 5.41 Å². The van der Waals surface area contributed by atoms with E-state index in [0.29, 0.717) is 23.7 Å². The van der Waals surface area contributed by atoms with E-state index in [1.807, 2.05) is 6.08 Å². The molecule has 4 aliphatic carbocycles. The maximum absolute atomic E-state index is 10.1. The van der Waals surface area contributed by atoms with Gasteiger partial charge in [-0.2, -0.15) is 0 Å². The molecule has 0 bridgehead atoms. The molecule has 22 heavy (non-hydrogen) atoms. The molecule has 0 aromatic carbocycles. The summed E-state index contributed by atoms with van der Waals surface area (Å²) in [6.45, 7) is 2.51. The van der Waals surface area contributed by atoms with Gasteiger partial charge in [-0.15, -0.1) is 0 Å². The van der Waals surface area contributed by atoms with Crippen LogP contribution in [-0.4, -0.2) is 21.3 Å². The van der Waals surface area contributed by atoms with Crippen molar-refractivity contribution in [3.63, 3.8) is 0 Å². The van der Waals surface area contributed by atoms with Crippen LogP contribution < -0.4 is 0 Å². The van der Waals surface area contributed by atoms with E-state index >= 15 is 0 Å². The molecule has 0 radical (unpaired) electrons. The first-order valence-corrected chi connectivity index (χ1v) is 9.23. The first-order valence-electron chi connectivity index (χ1n) is 9.23. The zero-order valence-corrected chi connectivity index (χ0v) is 13.7. The Morgan fingerprint density at radius 3 is 2.55 bits per heavy atom. The summed E-state index contributed by atoms with van der Waals surface area (Å²) in [5.74, 6) is -0.266. The summed E-state index contributed by atoms with van der Waals surface area (Å²) in [6, 6.07) is 0. The largest absolute Gasteiger partial charge is 0.343 e. The highest BCUT2D eigenvalue weighted by atomic mass is 16.7. The van der Waals surface area contributed by atoms with Crippen LogP contribution in [0.4, 0.5) is 0 Å². The molecule has 3 nitrogen and oxygen atoms in total. The Bertz CT molecular complexity index is 480. The molecule has 3 saturated carbocycles. The minimum atomic E-state index is -2.57. The molecule has 0 heterocycles. The fourth-order valence-electron chi connectivity index (χ4n) is 7.01. The Labute approximate surface area is 133 Å². The van der Waals surface area contributed by atoms with Gasteiger partial charge in [0.1, 0.15) is 0 Å². The summed E-state index contributed by atoms with van der Waals surface area (Å²) in [6.07, 6.45) is 14.6. The monoisotopic (exact) mass is 306 g/mol. The lowest BCUT2D eigenvalue weighted by molar-refractivity contribution is -0.382. The van der Waals surface area contributed by atoms with Crippen LogP contribution in [0.5, 0.6) is 0 Å². The molecule has 4 rings (SSSR count). The Balaban J connectivity index is 1.67. The predicted molar refractivity (Wildman–Crippen MR) is 84.6 cm³/mol. The highest BCUT2D eigenvalue weighted by molar-refractivity contribution is 5.19. The van der Waals surface area contributed by atoms with E-state index in [-0.39, 0.29) is 5.92 Å². The number of rotatable bonds is 1. The number of hydrogen-bond donors (Lipinski definition) is 3. The van der Waals surface area contributed by atoms with Crippen LogP contribution in [-0.2, 0) is 0 Å². The van der Waals surface area contributed by atoms with Crippen molar-refractivity contribution in [3.8, 4) is 0 Å². The van der Waals surface area contributed by atoms with Crippen LogP contribution in [0, 0.1) is 34.5 Å². The second kappa shape index (κ2) is 4.81.